The van der Waals surface area contributed by atoms with E-state index >= 15 is 0 Å². The van der Waals surface area contributed by atoms with Crippen LogP contribution in [0.25, 0.3) is 0 Å². The van der Waals surface area contributed by atoms with Crippen molar-refractivity contribution in [3.05, 3.63) is 97.8 Å². The molecule has 11 heteroatoms. The van der Waals surface area contributed by atoms with Crippen LogP contribution in [0.5, 0.6) is 0 Å². The van der Waals surface area contributed by atoms with E-state index in [-0.39, 0.29) is 5.56 Å². The molecule has 2 aromatic heterocycles. The number of carbonyl (C=O) groups excluding carboxylic acids is 2. The van der Waals surface area contributed by atoms with Gasteiger partial charge in [0.05, 0.1) is 29.6 Å². The summed E-state index contributed by atoms with van der Waals surface area (Å²) < 4.78 is 10.9. The van der Waals surface area contributed by atoms with E-state index in [1.807, 2.05) is 31.2 Å². The number of benzene rings is 1. The van der Waals surface area contributed by atoms with Gasteiger partial charge in [-0.05, 0) is 24.6 Å². The first kappa shape index (κ1) is 22.6. The Bertz CT molecular complexity index is 1340. The van der Waals surface area contributed by atoms with Gasteiger partial charge in [-0.2, -0.15) is 5.10 Å². The number of carbonyl (C=O) groups is 2. The van der Waals surface area contributed by atoms with Gasteiger partial charge in [0.1, 0.15) is 18.3 Å². The summed E-state index contributed by atoms with van der Waals surface area (Å²) in [6, 6.07) is 11.3. The molecule has 0 N–H and O–H groups in total. The zero-order chi connectivity index (χ0) is 24.4. The number of pyridine rings is 1. The van der Waals surface area contributed by atoms with Crippen molar-refractivity contribution >= 4 is 23.3 Å². The molecule has 1 aromatic carbocycles. The molecule has 1 unspecified atom stereocenters. The fraction of sp³-hybridized carbons (Fsp3) is 0.217. The smallest absolute Gasteiger partial charge is 0.339 e. The molecule has 3 heterocycles. The second-order valence-electron chi connectivity index (χ2n) is 7.68. The van der Waals surface area contributed by atoms with E-state index in [9.17, 15) is 24.5 Å². The fourth-order valence-electron chi connectivity index (χ4n) is 3.68. The van der Waals surface area contributed by atoms with Crippen molar-refractivity contribution in [3.8, 4) is 0 Å². The first-order valence-electron chi connectivity index (χ1n) is 10.3. The number of aryl methyl sites for hydroxylation is 1. The molecule has 1 aliphatic heterocycles. The number of rotatable bonds is 6. The molecule has 174 valence electrons. The van der Waals surface area contributed by atoms with Crippen molar-refractivity contribution in [3.63, 3.8) is 0 Å². The summed E-state index contributed by atoms with van der Waals surface area (Å²) in [6.07, 6.45) is 2.91. The van der Waals surface area contributed by atoms with Crippen molar-refractivity contribution in [1.82, 2.24) is 9.58 Å². The Morgan fingerprint density at radius 1 is 1.26 bits per heavy atom. The Kier molecular flexibility index (Phi) is 6.09. The van der Waals surface area contributed by atoms with Gasteiger partial charge in [-0.25, -0.2) is 9.80 Å². The van der Waals surface area contributed by atoms with Gasteiger partial charge >= 0.3 is 17.2 Å². The van der Waals surface area contributed by atoms with Crippen LogP contribution in [0.2, 0.25) is 0 Å². The maximum absolute atomic E-state index is 13.3. The molecule has 0 fully saturated rings. The molecule has 0 saturated heterocycles. The largest absolute Gasteiger partial charge is 0.467 e. The van der Waals surface area contributed by atoms with E-state index in [0.717, 1.165) is 35.1 Å². The minimum Gasteiger partial charge on any atom is -0.467 e. The number of hydrogen-bond donors (Lipinski definition) is 0. The summed E-state index contributed by atoms with van der Waals surface area (Å²) in [4.78, 5) is 48.2. The minimum atomic E-state index is -1.03. The monoisotopic (exact) mass is 464 g/mol. The topological polar surface area (TPSA) is 137 Å². The number of amides is 1. The predicted octanol–water partition coefficient (Wildman–Crippen LogP) is 2.82. The summed E-state index contributed by atoms with van der Waals surface area (Å²) in [5.74, 6) is -0.985. The van der Waals surface area contributed by atoms with Crippen LogP contribution in [-0.4, -0.2) is 39.2 Å². The lowest BCUT2D eigenvalue weighted by Crippen LogP contribution is -2.34. The van der Waals surface area contributed by atoms with Crippen molar-refractivity contribution in [1.29, 1.82) is 0 Å². The maximum atomic E-state index is 13.3. The standard InChI is InChI=1S/C23H20N4O7/c1-14-5-7-15(8-6-14)17-11-18(20-4-3-9-34-20)26(24-17)21(28)13-25-12-16(23(30)33-2)10-19(22(25)29)27(31)32/h3-10,12,18H,11,13H2,1-2H3. The lowest BCUT2D eigenvalue weighted by molar-refractivity contribution is -0.386. The van der Waals surface area contributed by atoms with E-state index < -0.39 is 40.6 Å². The summed E-state index contributed by atoms with van der Waals surface area (Å²) in [6.45, 7) is 1.38. The highest BCUT2D eigenvalue weighted by Gasteiger charge is 2.35. The number of furan rings is 1. The van der Waals surface area contributed by atoms with Crippen molar-refractivity contribution in [2.75, 3.05) is 7.11 Å². The zero-order valence-electron chi connectivity index (χ0n) is 18.3. The van der Waals surface area contributed by atoms with Gasteiger partial charge in [0, 0.05) is 18.7 Å². The first-order chi connectivity index (χ1) is 16.3. The fourth-order valence-corrected chi connectivity index (χ4v) is 3.68. The van der Waals surface area contributed by atoms with E-state index in [4.69, 9.17) is 4.42 Å². The van der Waals surface area contributed by atoms with Crippen LogP contribution in [0.1, 0.15) is 39.7 Å². The molecule has 3 aromatic rings. The van der Waals surface area contributed by atoms with Crippen molar-refractivity contribution < 1.29 is 23.7 Å². The molecule has 0 bridgehead atoms. The van der Waals surface area contributed by atoms with Gasteiger partial charge < -0.3 is 9.15 Å². The van der Waals surface area contributed by atoms with E-state index in [1.165, 1.54) is 11.3 Å². The normalized spacial score (nSPS) is 15.2. The molecule has 1 aliphatic rings. The van der Waals surface area contributed by atoms with Crippen molar-refractivity contribution in [2.45, 2.75) is 25.9 Å². The zero-order valence-corrected chi connectivity index (χ0v) is 18.3. The third kappa shape index (κ3) is 4.35. The van der Waals surface area contributed by atoms with Gasteiger partial charge in [-0.3, -0.25) is 24.3 Å². The lowest BCUT2D eigenvalue weighted by atomic mass is 10.0. The molecular weight excluding hydrogens is 444 g/mol. The van der Waals surface area contributed by atoms with Crippen LogP contribution in [0, 0.1) is 17.0 Å². The number of nitro groups is 1. The number of ether oxygens (including phenoxy) is 1. The van der Waals surface area contributed by atoms with Gasteiger partial charge in [-0.15, -0.1) is 0 Å². The number of methoxy groups -OCH3 is 1. The SMILES string of the molecule is COC(=O)c1cc([N+](=O)[O-])c(=O)n(CC(=O)N2N=C(c3ccc(C)cc3)CC2c2ccco2)c1. The summed E-state index contributed by atoms with van der Waals surface area (Å²) in [5, 5.41) is 17.0. The molecule has 0 aliphatic carbocycles. The Morgan fingerprint density at radius 3 is 2.62 bits per heavy atom. The second kappa shape index (κ2) is 9.14. The molecule has 11 nitrogen and oxygen atoms in total. The molecule has 1 amide bonds. The second-order valence-corrected chi connectivity index (χ2v) is 7.68. The van der Waals surface area contributed by atoms with Crippen LogP contribution >= 0.6 is 0 Å². The van der Waals surface area contributed by atoms with Crippen LogP contribution < -0.4 is 5.56 Å². The van der Waals surface area contributed by atoms with Crippen LogP contribution in [-0.2, 0) is 16.1 Å². The average Bonchev–Trinajstić information content (AvgIpc) is 3.50. The van der Waals surface area contributed by atoms with Gasteiger partial charge in [0.2, 0.25) is 0 Å². The number of aromatic nitrogens is 1. The predicted molar refractivity (Wildman–Crippen MR) is 119 cm³/mol. The first-order valence-corrected chi connectivity index (χ1v) is 10.3. The Hall–Kier alpha value is -4.54. The van der Waals surface area contributed by atoms with E-state index in [0.29, 0.717) is 17.9 Å². The van der Waals surface area contributed by atoms with Crippen LogP contribution in [0.4, 0.5) is 5.69 Å². The summed E-state index contributed by atoms with van der Waals surface area (Å²) in [5.41, 5.74) is 0.458. The number of nitrogens with zero attached hydrogens (tertiary/aromatic N) is 4. The Balaban J connectivity index is 1.70. The number of hydrogen-bond acceptors (Lipinski definition) is 8. The highest BCUT2D eigenvalue weighted by molar-refractivity contribution is 6.03. The van der Waals surface area contributed by atoms with E-state index in [2.05, 4.69) is 9.84 Å². The van der Waals surface area contributed by atoms with Gasteiger partial charge in [-0.1, -0.05) is 29.8 Å². The van der Waals surface area contributed by atoms with E-state index in [1.54, 1.807) is 12.1 Å². The Morgan fingerprint density at radius 2 is 2.00 bits per heavy atom. The van der Waals surface area contributed by atoms with Gasteiger partial charge in [0.25, 0.3) is 5.91 Å². The summed E-state index contributed by atoms with van der Waals surface area (Å²) in [7, 11) is 1.11. The molecule has 4 rings (SSSR count). The van der Waals surface area contributed by atoms with Crippen molar-refractivity contribution in [2.24, 2.45) is 5.10 Å². The molecule has 0 spiro atoms. The number of esters is 1. The third-order valence-electron chi connectivity index (χ3n) is 5.41. The quantitative estimate of drug-likeness (QED) is 0.311. The molecule has 1 atom stereocenters. The maximum Gasteiger partial charge on any atom is 0.339 e. The molecule has 0 saturated carbocycles. The third-order valence-corrected chi connectivity index (χ3v) is 5.41. The average molecular weight is 464 g/mol. The van der Waals surface area contributed by atoms with Crippen LogP contribution in [0.3, 0.4) is 0 Å². The molecule has 0 radical (unpaired) electrons. The Labute approximate surface area is 193 Å². The molecule has 34 heavy (non-hydrogen) atoms. The van der Waals surface area contributed by atoms with Crippen LogP contribution in [0.15, 0.2) is 69.2 Å². The highest BCUT2D eigenvalue weighted by Crippen LogP contribution is 2.33. The van der Waals surface area contributed by atoms with Gasteiger partial charge in [0.15, 0.2) is 0 Å². The molecular formula is C23H20N4O7. The highest BCUT2D eigenvalue weighted by atomic mass is 16.6. The minimum absolute atomic E-state index is 0.227. The summed E-state index contributed by atoms with van der Waals surface area (Å²) >= 11 is 0. The lowest BCUT2D eigenvalue weighted by Gasteiger charge is -2.20. The number of hydrazone groups is 1.